The first-order valence-electron chi connectivity index (χ1n) is 20.7. The monoisotopic (exact) mass is 780 g/mol. The summed E-state index contributed by atoms with van der Waals surface area (Å²) in [5.74, 6) is 0. The smallest absolute Gasteiger partial charge is 0.159 e. The van der Waals surface area contributed by atoms with Gasteiger partial charge in [-0.15, -0.1) is 0 Å². The Morgan fingerprint density at radius 2 is 0.721 bits per heavy atom. The standard InChI is InChI=1S/C58H40N2O/c1-4-15-41(16-5-1)46-37-47(43-27-32-51(33-28-43)59(49-19-6-2-7-20-49)53-36-31-42-17-10-11-18-45(42)40-53)39-48(38-46)44-29-34-52(35-30-44)60(50-21-8-3-9-22-50)56-25-14-24-55-54-23-12-13-26-57(54)61-58(55)56/h1-40H. The minimum absolute atomic E-state index is 0.868. The number of fused-ring (bicyclic) bond motifs is 4. The fraction of sp³-hybridized carbons (Fsp3) is 0. The van der Waals surface area contributed by atoms with Crippen LogP contribution in [0.15, 0.2) is 247 Å². The Hall–Kier alpha value is -8.14. The topological polar surface area (TPSA) is 19.6 Å². The maximum absolute atomic E-state index is 6.55. The summed E-state index contributed by atoms with van der Waals surface area (Å²) in [5, 5.41) is 4.66. The molecule has 0 aliphatic heterocycles. The normalized spacial score (nSPS) is 11.3. The molecule has 0 atom stereocenters. The van der Waals surface area contributed by atoms with Crippen LogP contribution < -0.4 is 9.80 Å². The molecular weight excluding hydrogens is 741 g/mol. The molecule has 288 valence electrons. The first-order chi connectivity index (χ1) is 30.2. The van der Waals surface area contributed by atoms with Gasteiger partial charge in [0.1, 0.15) is 5.58 Å². The van der Waals surface area contributed by atoms with E-state index in [9.17, 15) is 0 Å². The van der Waals surface area contributed by atoms with E-state index in [0.717, 1.165) is 78.3 Å². The van der Waals surface area contributed by atoms with Gasteiger partial charge in [-0.3, -0.25) is 0 Å². The Morgan fingerprint density at radius 3 is 1.36 bits per heavy atom. The van der Waals surface area contributed by atoms with E-state index in [4.69, 9.17) is 4.42 Å². The highest BCUT2D eigenvalue weighted by atomic mass is 16.3. The molecule has 11 rings (SSSR count). The summed E-state index contributed by atoms with van der Waals surface area (Å²) in [7, 11) is 0. The molecule has 0 fully saturated rings. The van der Waals surface area contributed by atoms with E-state index in [1.165, 1.54) is 21.9 Å². The molecule has 0 amide bonds. The Morgan fingerprint density at radius 1 is 0.262 bits per heavy atom. The number of furan rings is 1. The number of para-hydroxylation sites is 4. The number of anilines is 6. The van der Waals surface area contributed by atoms with Crippen molar-refractivity contribution in [2.75, 3.05) is 9.80 Å². The van der Waals surface area contributed by atoms with Crippen molar-refractivity contribution in [1.82, 2.24) is 0 Å². The van der Waals surface area contributed by atoms with Crippen LogP contribution in [0.2, 0.25) is 0 Å². The van der Waals surface area contributed by atoms with Crippen LogP contribution in [0.5, 0.6) is 0 Å². The minimum atomic E-state index is 0.868. The molecule has 1 aromatic heterocycles. The van der Waals surface area contributed by atoms with Crippen LogP contribution in [0.4, 0.5) is 34.1 Å². The molecule has 0 aliphatic carbocycles. The van der Waals surface area contributed by atoms with Crippen LogP contribution in [-0.2, 0) is 0 Å². The Balaban J connectivity index is 0.984. The predicted molar refractivity (Wildman–Crippen MR) is 257 cm³/mol. The van der Waals surface area contributed by atoms with Crippen molar-refractivity contribution in [1.29, 1.82) is 0 Å². The molecule has 0 radical (unpaired) electrons. The molecule has 0 bridgehead atoms. The van der Waals surface area contributed by atoms with E-state index < -0.39 is 0 Å². The maximum Gasteiger partial charge on any atom is 0.159 e. The second-order valence-electron chi connectivity index (χ2n) is 15.4. The summed E-state index contributed by atoms with van der Waals surface area (Å²) in [4.78, 5) is 4.62. The second-order valence-corrected chi connectivity index (χ2v) is 15.4. The largest absolute Gasteiger partial charge is 0.454 e. The number of nitrogens with zero attached hydrogens (tertiary/aromatic N) is 2. The van der Waals surface area contributed by atoms with Crippen molar-refractivity contribution < 1.29 is 4.42 Å². The van der Waals surface area contributed by atoms with Crippen LogP contribution >= 0.6 is 0 Å². The van der Waals surface area contributed by atoms with E-state index in [2.05, 4.69) is 240 Å². The van der Waals surface area contributed by atoms with Crippen LogP contribution in [0, 0.1) is 0 Å². The van der Waals surface area contributed by atoms with Gasteiger partial charge >= 0.3 is 0 Å². The van der Waals surface area contributed by atoms with Crippen molar-refractivity contribution in [2.45, 2.75) is 0 Å². The van der Waals surface area contributed by atoms with Gasteiger partial charge in [0, 0.05) is 39.2 Å². The molecule has 0 spiro atoms. The first kappa shape index (κ1) is 36.0. The molecule has 0 unspecified atom stereocenters. The van der Waals surface area contributed by atoms with E-state index in [1.54, 1.807) is 0 Å². The molecule has 0 N–H and O–H groups in total. The van der Waals surface area contributed by atoms with Crippen LogP contribution in [0.25, 0.3) is 66.1 Å². The van der Waals surface area contributed by atoms with Gasteiger partial charge in [0.2, 0.25) is 0 Å². The zero-order valence-corrected chi connectivity index (χ0v) is 33.4. The molecular formula is C58H40N2O. The Bertz CT molecular complexity index is 3280. The highest BCUT2D eigenvalue weighted by Crippen LogP contribution is 2.43. The zero-order valence-electron chi connectivity index (χ0n) is 33.4. The van der Waals surface area contributed by atoms with Gasteiger partial charge < -0.3 is 14.2 Å². The van der Waals surface area contributed by atoms with Crippen molar-refractivity contribution in [3.05, 3.63) is 243 Å². The highest BCUT2D eigenvalue weighted by molar-refractivity contribution is 6.10. The summed E-state index contributed by atoms with van der Waals surface area (Å²) in [5.41, 5.74) is 15.1. The summed E-state index contributed by atoms with van der Waals surface area (Å²) in [6.07, 6.45) is 0. The third-order valence-corrected chi connectivity index (χ3v) is 11.6. The lowest BCUT2D eigenvalue weighted by Crippen LogP contribution is -2.10. The van der Waals surface area contributed by atoms with Gasteiger partial charge in [0.25, 0.3) is 0 Å². The molecule has 0 saturated heterocycles. The van der Waals surface area contributed by atoms with Crippen molar-refractivity contribution in [2.24, 2.45) is 0 Å². The number of benzene rings is 10. The Labute approximate surface area is 355 Å². The summed E-state index contributed by atoms with van der Waals surface area (Å²) >= 11 is 0. The molecule has 10 aromatic carbocycles. The third kappa shape index (κ3) is 6.88. The Kier molecular flexibility index (Phi) is 9.18. The number of rotatable bonds is 9. The van der Waals surface area contributed by atoms with Gasteiger partial charge in [-0.1, -0.05) is 152 Å². The average Bonchev–Trinajstić information content (AvgIpc) is 3.73. The van der Waals surface area contributed by atoms with Crippen LogP contribution in [0.3, 0.4) is 0 Å². The minimum Gasteiger partial charge on any atom is -0.454 e. The van der Waals surface area contributed by atoms with Gasteiger partial charge in [0.15, 0.2) is 5.58 Å². The van der Waals surface area contributed by atoms with Gasteiger partial charge in [-0.2, -0.15) is 0 Å². The predicted octanol–water partition coefficient (Wildman–Crippen LogP) is 16.7. The zero-order chi connectivity index (χ0) is 40.5. The molecule has 0 saturated carbocycles. The number of hydrogen-bond acceptors (Lipinski definition) is 3. The van der Waals surface area contributed by atoms with Crippen molar-refractivity contribution in [3.63, 3.8) is 0 Å². The lowest BCUT2D eigenvalue weighted by molar-refractivity contribution is 0.669. The lowest BCUT2D eigenvalue weighted by atomic mass is 9.93. The molecule has 61 heavy (non-hydrogen) atoms. The molecule has 1 heterocycles. The molecule has 0 aliphatic rings. The fourth-order valence-electron chi connectivity index (χ4n) is 8.62. The van der Waals surface area contributed by atoms with Crippen molar-refractivity contribution in [3.8, 4) is 33.4 Å². The molecule has 11 aromatic rings. The van der Waals surface area contributed by atoms with E-state index >= 15 is 0 Å². The van der Waals surface area contributed by atoms with Gasteiger partial charge in [-0.05, 0) is 135 Å². The second kappa shape index (κ2) is 15.6. The van der Waals surface area contributed by atoms with Gasteiger partial charge in [-0.25, -0.2) is 0 Å². The fourth-order valence-corrected chi connectivity index (χ4v) is 8.62. The lowest BCUT2D eigenvalue weighted by Gasteiger charge is -2.26. The first-order valence-corrected chi connectivity index (χ1v) is 20.7. The highest BCUT2D eigenvalue weighted by Gasteiger charge is 2.20. The SMILES string of the molecule is c1ccc(-c2cc(-c3ccc(N(c4ccccc4)c4ccc5ccccc5c4)cc3)cc(-c3ccc(N(c4ccccc4)c4cccc5c4oc4ccccc45)cc3)c2)cc1. The van der Waals surface area contributed by atoms with Crippen LogP contribution in [0.1, 0.15) is 0 Å². The van der Waals surface area contributed by atoms with E-state index in [-0.39, 0.29) is 0 Å². The summed E-state index contributed by atoms with van der Waals surface area (Å²) < 4.78 is 6.55. The van der Waals surface area contributed by atoms with E-state index in [0.29, 0.717) is 0 Å². The summed E-state index contributed by atoms with van der Waals surface area (Å²) in [6, 6.07) is 86.5. The third-order valence-electron chi connectivity index (χ3n) is 11.6. The van der Waals surface area contributed by atoms with Crippen molar-refractivity contribution >= 4 is 66.8 Å². The molecule has 3 heteroatoms. The average molecular weight is 781 g/mol. The van der Waals surface area contributed by atoms with Crippen LogP contribution in [-0.4, -0.2) is 0 Å². The molecule has 3 nitrogen and oxygen atoms in total. The summed E-state index contributed by atoms with van der Waals surface area (Å²) in [6.45, 7) is 0. The maximum atomic E-state index is 6.55. The number of hydrogen-bond donors (Lipinski definition) is 0. The quantitative estimate of drug-likeness (QED) is 0.145. The van der Waals surface area contributed by atoms with E-state index in [1.807, 2.05) is 12.1 Å². The van der Waals surface area contributed by atoms with Gasteiger partial charge in [0.05, 0.1) is 5.69 Å².